The molecule has 5 nitrogen and oxygen atoms in total. The summed E-state index contributed by atoms with van der Waals surface area (Å²) >= 11 is 0. The molecule has 0 radical (unpaired) electrons. The van der Waals surface area contributed by atoms with Crippen LogP contribution in [0.5, 0.6) is 5.75 Å². The molecule has 0 saturated carbocycles. The Labute approximate surface area is 137 Å². The predicted molar refractivity (Wildman–Crippen MR) is 86.6 cm³/mol. The molecular weight excluding hydrogens is 294 g/mol. The number of esters is 1. The number of methoxy groups -OCH3 is 2. The quantitative estimate of drug-likeness (QED) is 0.799. The van der Waals surface area contributed by atoms with E-state index in [1.165, 1.54) is 18.2 Å². The van der Waals surface area contributed by atoms with Crippen LogP contribution in [0.3, 0.4) is 0 Å². The normalized spacial score (nSPS) is 21.5. The standard InChI is InChI=1S/C18H25NO4/c1-13(17(20)22-3)19-9-7-18(8-10-19)16-5-4-15(21-2)12-14(16)6-11-23-18/h4-5,12-13H,6-11H2,1-3H3. The Balaban J connectivity index is 1.78. The van der Waals surface area contributed by atoms with Gasteiger partial charge in [-0.3, -0.25) is 9.69 Å². The molecule has 0 bridgehead atoms. The van der Waals surface area contributed by atoms with Gasteiger partial charge in [0, 0.05) is 13.1 Å². The summed E-state index contributed by atoms with van der Waals surface area (Å²) in [5.41, 5.74) is 2.40. The van der Waals surface area contributed by atoms with Crippen LogP contribution >= 0.6 is 0 Å². The lowest BCUT2D eigenvalue weighted by atomic mass is 9.79. The van der Waals surface area contributed by atoms with Crippen LogP contribution in [-0.2, 0) is 26.3 Å². The molecule has 0 aliphatic carbocycles. The van der Waals surface area contributed by atoms with E-state index in [0.29, 0.717) is 0 Å². The van der Waals surface area contributed by atoms with Gasteiger partial charge in [0.05, 0.1) is 26.4 Å². The van der Waals surface area contributed by atoms with Crippen LogP contribution in [0.15, 0.2) is 18.2 Å². The monoisotopic (exact) mass is 319 g/mol. The van der Waals surface area contributed by atoms with Crippen molar-refractivity contribution in [2.75, 3.05) is 33.9 Å². The van der Waals surface area contributed by atoms with Gasteiger partial charge in [-0.05, 0) is 49.4 Å². The highest BCUT2D eigenvalue weighted by atomic mass is 16.5. The maximum atomic E-state index is 11.7. The van der Waals surface area contributed by atoms with E-state index >= 15 is 0 Å². The number of piperidine rings is 1. The summed E-state index contributed by atoms with van der Waals surface area (Å²) in [6.07, 6.45) is 2.72. The highest BCUT2D eigenvalue weighted by Gasteiger charge is 2.42. The van der Waals surface area contributed by atoms with E-state index in [1.807, 2.05) is 13.0 Å². The van der Waals surface area contributed by atoms with Gasteiger partial charge < -0.3 is 14.2 Å². The second-order valence-electron chi connectivity index (χ2n) is 6.35. The summed E-state index contributed by atoms with van der Waals surface area (Å²) in [6.45, 7) is 4.32. The van der Waals surface area contributed by atoms with E-state index in [9.17, 15) is 4.79 Å². The Morgan fingerprint density at radius 2 is 2.04 bits per heavy atom. The number of hydrogen-bond acceptors (Lipinski definition) is 5. The van der Waals surface area contributed by atoms with Gasteiger partial charge in [-0.1, -0.05) is 6.07 Å². The molecule has 1 atom stereocenters. The third kappa shape index (κ3) is 2.95. The molecule has 2 aliphatic heterocycles. The first-order valence-corrected chi connectivity index (χ1v) is 8.23. The van der Waals surface area contributed by atoms with Crippen LogP contribution in [0, 0.1) is 0 Å². The lowest BCUT2D eigenvalue weighted by molar-refractivity contribution is -0.150. The second kappa shape index (κ2) is 6.49. The van der Waals surface area contributed by atoms with Gasteiger partial charge in [0.25, 0.3) is 0 Å². The minimum Gasteiger partial charge on any atom is -0.497 e. The molecule has 2 heterocycles. The molecule has 23 heavy (non-hydrogen) atoms. The highest BCUT2D eigenvalue weighted by Crippen LogP contribution is 2.42. The van der Waals surface area contributed by atoms with Crippen LogP contribution in [0.2, 0.25) is 0 Å². The van der Waals surface area contributed by atoms with E-state index in [2.05, 4.69) is 17.0 Å². The topological polar surface area (TPSA) is 48.0 Å². The van der Waals surface area contributed by atoms with Gasteiger partial charge in [-0.15, -0.1) is 0 Å². The van der Waals surface area contributed by atoms with Gasteiger partial charge in [-0.2, -0.15) is 0 Å². The number of fused-ring (bicyclic) bond motifs is 2. The average molecular weight is 319 g/mol. The molecule has 0 aromatic heterocycles. The number of nitrogens with zero attached hydrogens (tertiary/aromatic N) is 1. The molecule has 1 fully saturated rings. The van der Waals surface area contributed by atoms with Crippen LogP contribution in [0.25, 0.3) is 0 Å². The minimum absolute atomic E-state index is 0.171. The Hall–Kier alpha value is -1.59. The van der Waals surface area contributed by atoms with E-state index in [-0.39, 0.29) is 17.6 Å². The van der Waals surface area contributed by atoms with E-state index in [4.69, 9.17) is 14.2 Å². The van der Waals surface area contributed by atoms with Gasteiger partial charge in [0.1, 0.15) is 11.8 Å². The Kier molecular flexibility index (Phi) is 4.60. The zero-order valence-electron chi connectivity index (χ0n) is 14.1. The average Bonchev–Trinajstić information content (AvgIpc) is 2.61. The molecule has 1 aromatic rings. The van der Waals surface area contributed by atoms with Crippen molar-refractivity contribution in [3.05, 3.63) is 29.3 Å². The van der Waals surface area contributed by atoms with Gasteiger partial charge in [0.15, 0.2) is 0 Å². The molecule has 1 aromatic carbocycles. The first-order valence-electron chi connectivity index (χ1n) is 8.23. The van der Waals surface area contributed by atoms with Crippen molar-refractivity contribution in [2.24, 2.45) is 0 Å². The first kappa shape index (κ1) is 16.3. The third-order valence-corrected chi connectivity index (χ3v) is 5.25. The van der Waals surface area contributed by atoms with E-state index in [0.717, 1.165) is 44.7 Å². The zero-order chi connectivity index (χ0) is 16.4. The summed E-state index contributed by atoms with van der Waals surface area (Å²) < 4.78 is 16.4. The summed E-state index contributed by atoms with van der Waals surface area (Å²) in [5.74, 6) is 0.730. The van der Waals surface area contributed by atoms with Crippen LogP contribution < -0.4 is 4.74 Å². The van der Waals surface area contributed by atoms with Crippen molar-refractivity contribution in [1.82, 2.24) is 4.90 Å². The number of carbonyl (C=O) groups excluding carboxylic acids is 1. The largest absolute Gasteiger partial charge is 0.497 e. The molecule has 5 heteroatoms. The SMILES string of the molecule is COC(=O)C(C)N1CCC2(CC1)OCCc1cc(OC)ccc12. The summed E-state index contributed by atoms with van der Waals surface area (Å²) in [7, 11) is 3.14. The highest BCUT2D eigenvalue weighted by molar-refractivity contribution is 5.75. The Morgan fingerprint density at radius 3 is 2.70 bits per heavy atom. The van der Waals surface area contributed by atoms with Crippen molar-refractivity contribution in [1.29, 1.82) is 0 Å². The molecule has 2 aliphatic rings. The van der Waals surface area contributed by atoms with Crippen LogP contribution in [-0.4, -0.2) is 50.8 Å². The van der Waals surface area contributed by atoms with E-state index in [1.54, 1.807) is 7.11 Å². The van der Waals surface area contributed by atoms with Crippen molar-refractivity contribution >= 4 is 5.97 Å². The molecule has 3 rings (SSSR count). The van der Waals surface area contributed by atoms with Crippen LogP contribution in [0.4, 0.5) is 0 Å². The summed E-state index contributed by atoms with van der Waals surface area (Å²) in [6, 6.07) is 6.09. The van der Waals surface area contributed by atoms with Crippen LogP contribution in [0.1, 0.15) is 30.9 Å². The third-order valence-electron chi connectivity index (χ3n) is 5.25. The van der Waals surface area contributed by atoms with Crippen molar-refractivity contribution < 1.29 is 19.0 Å². The maximum Gasteiger partial charge on any atom is 0.322 e. The molecule has 0 N–H and O–H groups in total. The maximum absolute atomic E-state index is 11.7. The van der Waals surface area contributed by atoms with Crippen molar-refractivity contribution in [3.63, 3.8) is 0 Å². The fourth-order valence-corrected chi connectivity index (χ4v) is 3.79. The number of likely N-dealkylation sites (tertiary alicyclic amines) is 1. The number of benzene rings is 1. The number of carbonyl (C=O) groups is 1. The Bertz CT molecular complexity index is 578. The van der Waals surface area contributed by atoms with Gasteiger partial charge in [0.2, 0.25) is 0 Å². The van der Waals surface area contributed by atoms with Crippen molar-refractivity contribution in [2.45, 2.75) is 37.8 Å². The molecule has 0 amide bonds. The first-order chi connectivity index (χ1) is 11.1. The number of ether oxygens (including phenoxy) is 3. The fraction of sp³-hybridized carbons (Fsp3) is 0.611. The lowest BCUT2D eigenvalue weighted by Gasteiger charge is -2.46. The number of hydrogen-bond donors (Lipinski definition) is 0. The van der Waals surface area contributed by atoms with Crippen molar-refractivity contribution in [3.8, 4) is 5.75 Å². The van der Waals surface area contributed by atoms with Gasteiger partial charge >= 0.3 is 5.97 Å². The molecule has 1 saturated heterocycles. The molecular formula is C18H25NO4. The zero-order valence-corrected chi connectivity index (χ0v) is 14.1. The Morgan fingerprint density at radius 1 is 1.30 bits per heavy atom. The van der Waals surface area contributed by atoms with E-state index < -0.39 is 0 Å². The molecule has 1 spiro atoms. The summed E-state index contributed by atoms with van der Waals surface area (Å²) in [5, 5.41) is 0. The second-order valence-corrected chi connectivity index (χ2v) is 6.35. The number of rotatable bonds is 3. The molecule has 126 valence electrons. The smallest absolute Gasteiger partial charge is 0.322 e. The predicted octanol–water partition coefficient (Wildman–Crippen LogP) is 2.12. The fourth-order valence-electron chi connectivity index (χ4n) is 3.79. The van der Waals surface area contributed by atoms with Gasteiger partial charge in [-0.25, -0.2) is 0 Å². The minimum atomic E-state index is -0.216. The summed E-state index contributed by atoms with van der Waals surface area (Å²) in [4.78, 5) is 13.9. The lowest BCUT2D eigenvalue weighted by Crippen LogP contribution is -2.51. The molecule has 1 unspecified atom stereocenters.